The van der Waals surface area contributed by atoms with Gasteiger partial charge in [0.25, 0.3) is 5.92 Å². The highest BCUT2D eigenvalue weighted by Crippen LogP contribution is 2.34. The van der Waals surface area contributed by atoms with Crippen molar-refractivity contribution in [2.45, 2.75) is 12.8 Å². The number of rotatable bonds is 2. The van der Waals surface area contributed by atoms with E-state index in [1.807, 2.05) is 0 Å². The van der Waals surface area contributed by atoms with Crippen molar-refractivity contribution in [2.75, 3.05) is 23.7 Å². The van der Waals surface area contributed by atoms with E-state index in [1.165, 1.54) is 36.6 Å². The Morgan fingerprint density at radius 1 is 1.19 bits per heavy atom. The summed E-state index contributed by atoms with van der Waals surface area (Å²) in [4.78, 5) is 17.9. The van der Waals surface area contributed by atoms with Crippen molar-refractivity contribution in [1.29, 1.82) is 0 Å². The Hall–Kier alpha value is -2.38. The first-order valence-electron chi connectivity index (χ1n) is 6.48. The molecule has 0 spiro atoms. The highest BCUT2D eigenvalue weighted by atomic mass is 19.3. The van der Waals surface area contributed by atoms with E-state index in [-0.39, 0.29) is 18.9 Å². The molecule has 21 heavy (non-hydrogen) atoms. The van der Waals surface area contributed by atoms with Gasteiger partial charge in [-0.05, 0) is 0 Å². The summed E-state index contributed by atoms with van der Waals surface area (Å²) in [6.07, 6.45) is 5.90. The van der Waals surface area contributed by atoms with Gasteiger partial charge in [-0.2, -0.15) is 0 Å². The first-order chi connectivity index (χ1) is 9.95. The summed E-state index contributed by atoms with van der Waals surface area (Å²) in [7, 11) is 0. The number of hydrogen-bond donors (Lipinski definition) is 1. The van der Waals surface area contributed by atoms with Crippen molar-refractivity contribution >= 4 is 11.6 Å². The largest absolute Gasteiger partial charge is 0.382 e. The van der Waals surface area contributed by atoms with Crippen molar-refractivity contribution in [1.82, 2.24) is 19.9 Å². The Balaban J connectivity index is 1.82. The van der Waals surface area contributed by atoms with Gasteiger partial charge in [0.1, 0.15) is 23.0 Å². The molecule has 1 unspecified atom stereocenters. The molecule has 2 aromatic heterocycles. The van der Waals surface area contributed by atoms with Crippen LogP contribution in [0.4, 0.5) is 20.4 Å². The Morgan fingerprint density at radius 2 is 2.00 bits per heavy atom. The van der Waals surface area contributed by atoms with Crippen molar-refractivity contribution in [3.63, 3.8) is 0 Å². The summed E-state index contributed by atoms with van der Waals surface area (Å²) < 4.78 is 27.1. The SMILES string of the molecule is CC1CN(c2cnc(-c3cncc(N)n3)cn2)CC1(F)F. The van der Waals surface area contributed by atoms with Crippen molar-refractivity contribution in [3.05, 3.63) is 24.8 Å². The normalized spacial score (nSPS) is 20.7. The minimum Gasteiger partial charge on any atom is -0.382 e. The number of nitrogens with zero attached hydrogens (tertiary/aromatic N) is 5. The maximum atomic E-state index is 13.5. The van der Waals surface area contributed by atoms with Crippen molar-refractivity contribution in [3.8, 4) is 11.4 Å². The zero-order chi connectivity index (χ0) is 15.0. The second-order valence-corrected chi connectivity index (χ2v) is 5.13. The monoisotopic (exact) mass is 292 g/mol. The smallest absolute Gasteiger partial charge is 0.269 e. The number of nitrogens with two attached hydrogens (primary N) is 1. The first-order valence-corrected chi connectivity index (χ1v) is 6.48. The van der Waals surface area contributed by atoms with E-state index < -0.39 is 11.8 Å². The highest BCUT2D eigenvalue weighted by molar-refractivity contribution is 5.55. The fourth-order valence-electron chi connectivity index (χ4n) is 2.23. The number of nitrogen functional groups attached to an aromatic ring is 1. The van der Waals surface area contributed by atoms with Crippen LogP contribution in [0.2, 0.25) is 0 Å². The van der Waals surface area contributed by atoms with Gasteiger partial charge in [0.05, 0.1) is 31.3 Å². The van der Waals surface area contributed by atoms with E-state index >= 15 is 0 Å². The molecular weight excluding hydrogens is 278 g/mol. The molecule has 1 aliphatic heterocycles. The minimum absolute atomic E-state index is 0.263. The molecule has 1 saturated heterocycles. The summed E-state index contributed by atoms with van der Waals surface area (Å²) in [5.74, 6) is -2.68. The summed E-state index contributed by atoms with van der Waals surface area (Å²) >= 11 is 0. The second-order valence-electron chi connectivity index (χ2n) is 5.13. The Bertz CT molecular complexity index is 645. The van der Waals surface area contributed by atoms with E-state index in [2.05, 4.69) is 19.9 Å². The van der Waals surface area contributed by atoms with Crippen molar-refractivity contribution in [2.24, 2.45) is 5.92 Å². The van der Waals surface area contributed by atoms with Gasteiger partial charge in [-0.25, -0.2) is 23.7 Å². The molecule has 0 amide bonds. The molecule has 3 rings (SSSR count). The molecule has 1 aliphatic rings. The van der Waals surface area contributed by atoms with E-state index in [0.717, 1.165) is 0 Å². The van der Waals surface area contributed by atoms with Gasteiger partial charge in [0, 0.05) is 12.5 Å². The number of halogens is 2. The molecule has 1 fully saturated rings. The summed E-state index contributed by atoms with van der Waals surface area (Å²) in [6, 6.07) is 0. The quantitative estimate of drug-likeness (QED) is 0.905. The van der Waals surface area contributed by atoms with Crippen LogP contribution >= 0.6 is 0 Å². The number of alkyl halides is 2. The predicted octanol–water partition coefficient (Wildman–Crippen LogP) is 1.61. The second kappa shape index (κ2) is 4.87. The fourth-order valence-corrected chi connectivity index (χ4v) is 2.23. The lowest BCUT2D eigenvalue weighted by molar-refractivity contribution is -0.0138. The van der Waals surface area contributed by atoms with Crippen LogP contribution < -0.4 is 10.6 Å². The Morgan fingerprint density at radius 3 is 2.57 bits per heavy atom. The third kappa shape index (κ3) is 2.61. The zero-order valence-electron chi connectivity index (χ0n) is 11.4. The van der Waals surface area contributed by atoms with Crippen LogP contribution in [-0.4, -0.2) is 38.9 Å². The molecule has 2 N–H and O–H groups in total. The maximum Gasteiger partial charge on any atom is 0.269 e. The first kappa shape index (κ1) is 13.6. The lowest BCUT2D eigenvalue weighted by Gasteiger charge is -2.16. The lowest BCUT2D eigenvalue weighted by atomic mass is 10.1. The standard InChI is InChI=1S/C13H14F2N6/c1-8-6-21(7-13(8,14)15)12-5-18-9(3-19-12)10-2-17-4-11(16)20-10/h2-5,8H,6-7H2,1H3,(H2,16,20). The van der Waals surface area contributed by atoms with Gasteiger partial charge >= 0.3 is 0 Å². The molecule has 8 heteroatoms. The molecule has 0 bridgehead atoms. The average Bonchev–Trinajstić information content (AvgIpc) is 2.73. The number of anilines is 2. The summed E-state index contributed by atoms with van der Waals surface area (Å²) in [5, 5.41) is 0. The molecule has 2 aromatic rings. The van der Waals surface area contributed by atoms with Gasteiger partial charge in [-0.3, -0.25) is 4.98 Å². The molecular formula is C13H14F2N6. The molecule has 0 aliphatic carbocycles. The van der Waals surface area contributed by atoms with Crippen LogP contribution in [0.25, 0.3) is 11.4 Å². The fraction of sp³-hybridized carbons (Fsp3) is 0.385. The van der Waals surface area contributed by atoms with E-state index in [0.29, 0.717) is 17.2 Å². The van der Waals surface area contributed by atoms with E-state index in [4.69, 9.17) is 5.73 Å². The van der Waals surface area contributed by atoms with Gasteiger partial charge in [-0.1, -0.05) is 6.92 Å². The van der Waals surface area contributed by atoms with E-state index in [9.17, 15) is 8.78 Å². The minimum atomic E-state index is -2.69. The average molecular weight is 292 g/mol. The molecule has 0 saturated carbocycles. The van der Waals surface area contributed by atoms with Crippen LogP contribution in [0.1, 0.15) is 6.92 Å². The van der Waals surface area contributed by atoms with Gasteiger partial charge in [0.15, 0.2) is 0 Å². The van der Waals surface area contributed by atoms with E-state index in [1.54, 1.807) is 0 Å². The topological polar surface area (TPSA) is 80.8 Å². The molecule has 0 aromatic carbocycles. The van der Waals surface area contributed by atoms with Gasteiger partial charge in [-0.15, -0.1) is 0 Å². The van der Waals surface area contributed by atoms with Crippen LogP contribution in [0, 0.1) is 5.92 Å². The Labute approximate surface area is 120 Å². The molecule has 0 radical (unpaired) electrons. The van der Waals surface area contributed by atoms with Crippen molar-refractivity contribution < 1.29 is 8.78 Å². The number of hydrogen-bond acceptors (Lipinski definition) is 6. The third-order valence-electron chi connectivity index (χ3n) is 3.49. The summed E-state index contributed by atoms with van der Waals surface area (Å²) in [5.41, 5.74) is 6.55. The predicted molar refractivity (Wildman–Crippen MR) is 73.8 cm³/mol. The van der Waals surface area contributed by atoms with Crippen LogP contribution in [0.5, 0.6) is 0 Å². The third-order valence-corrected chi connectivity index (χ3v) is 3.49. The molecule has 110 valence electrons. The Kier molecular flexibility index (Phi) is 3.15. The number of aromatic nitrogens is 4. The molecule has 1 atom stereocenters. The van der Waals surface area contributed by atoms with Crippen LogP contribution in [-0.2, 0) is 0 Å². The van der Waals surface area contributed by atoms with Crippen LogP contribution in [0.15, 0.2) is 24.8 Å². The zero-order valence-corrected chi connectivity index (χ0v) is 11.4. The highest BCUT2D eigenvalue weighted by Gasteiger charge is 2.45. The molecule has 3 heterocycles. The van der Waals surface area contributed by atoms with Gasteiger partial charge < -0.3 is 10.6 Å². The molecule has 6 nitrogen and oxygen atoms in total. The van der Waals surface area contributed by atoms with Crippen LogP contribution in [0.3, 0.4) is 0 Å². The van der Waals surface area contributed by atoms with Gasteiger partial charge in [0.2, 0.25) is 0 Å². The lowest BCUT2D eigenvalue weighted by Crippen LogP contribution is -2.27. The summed E-state index contributed by atoms with van der Waals surface area (Å²) in [6.45, 7) is 1.46. The maximum absolute atomic E-state index is 13.5.